The molecule has 6 nitrogen and oxygen atoms in total. The van der Waals surface area contributed by atoms with Crippen molar-refractivity contribution in [1.29, 1.82) is 0 Å². The zero-order valence-corrected chi connectivity index (χ0v) is 17.3. The molecule has 0 saturated carbocycles. The average molecular weight is 392 g/mol. The Balaban J connectivity index is 1.56. The lowest BCUT2D eigenvalue weighted by atomic mass is 10.1. The van der Waals surface area contributed by atoms with E-state index in [2.05, 4.69) is 57.1 Å². The zero-order chi connectivity index (χ0) is 20.5. The smallest absolute Gasteiger partial charge is 0.191 e. The lowest BCUT2D eigenvalue weighted by molar-refractivity contribution is 0.242. The second-order valence-electron chi connectivity index (χ2n) is 7.07. The van der Waals surface area contributed by atoms with E-state index in [0.29, 0.717) is 13.1 Å². The van der Waals surface area contributed by atoms with Gasteiger partial charge < -0.3 is 15.4 Å². The minimum Gasteiger partial charge on any atom is -0.491 e. The van der Waals surface area contributed by atoms with E-state index in [1.807, 2.05) is 42.9 Å². The summed E-state index contributed by atoms with van der Waals surface area (Å²) in [5.74, 6) is 1.64. The number of ether oxygens (including phenoxy) is 1. The van der Waals surface area contributed by atoms with Gasteiger partial charge in [-0.05, 0) is 48.7 Å². The van der Waals surface area contributed by atoms with Crippen molar-refractivity contribution in [2.75, 3.05) is 7.05 Å². The van der Waals surface area contributed by atoms with Crippen LogP contribution in [0.25, 0.3) is 0 Å². The van der Waals surface area contributed by atoms with E-state index in [1.165, 1.54) is 11.1 Å². The Bertz CT molecular complexity index is 919. The number of nitrogens with zero attached hydrogens (tertiary/aromatic N) is 3. The molecule has 3 aromatic rings. The van der Waals surface area contributed by atoms with Gasteiger partial charge in [0.25, 0.3) is 0 Å². The summed E-state index contributed by atoms with van der Waals surface area (Å²) in [4.78, 5) is 4.34. The Morgan fingerprint density at radius 3 is 2.55 bits per heavy atom. The van der Waals surface area contributed by atoms with Crippen LogP contribution >= 0.6 is 0 Å². The molecule has 2 N–H and O–H groups in total. The van der Waals surface area contributed by atoms with Crippen molar-refractivity contribution in [2.24, 2.45) is 4.99 Å². The quantitative estimate of drug-likeness (QED) is 0.455. The molecule has 0 bridgehead atoms. The molecule has 6 heteroatoms. The maximum Gasteiger partial charge on any atom is 0.191 e. The van der Waals surface area contributed by atoms with Crippen LogP contribution in [0.5, 0.6) is 5.75 Å². The van der Waals surface area contributed by atoms with Crippen LogP contribution in [0.3, 0.4) is 0 Å². The van der Waals surface area contributed by atoms with Crippen molar-refractivity contribution in [1.82, 2.24) is 20.4 Å². The average Bonchev–Trinajstić information content (AvgIpc) is 3.22. The molecule has 1 heterocycles. The molecule has 152 valence electrons. The van der Waals surface area contributed by atoms with Crippen LogP contribution < -0.4 is 15.4 Å². The minimum absolute atomic E-state index is 0.162. The number of benzene rings is 2. The maximum atomic E-state index is 5.77. The molecular weight excluding hydrogens is 362 g/mol. The van der Waals surface area contributed by atoms with E-state index in [4.69, 9.17) is 4.74 Å². The summed E-state index contributed by atoms with van der Waals surface area (Å²) in [6.45, 7) is 6.17. The molecule has 0 aliphatic carbocycles. The first-order valence-electron chi connectivity index (χ1n) is 9.88. The van der Waals surface area contributed by atoms with Crippen molar-refractivity contribution >= 4 is 5.96 Å². The normalized spacial score (nSPS) is 11.5. The third-order valence-electron chi connectivity index (χ3n) is 4.41. The molecule has 0 aliphatic rings. The predicted octanol–water partition coefficient (Wildman–Crippen LogP) is 3.58. The molecule has 0 saturated heterocycles. The summed E-state index contributed by atoms with van der Waals surface area (Å²) in [7, 11) is 1.78. The number of rotatable bonds is 8. The maximum absolute atomic E-state index is 5.77. The first kappa shape index (κ1) is 20.5. The Kier molecular flexibility index (Phi) is 7.28. The topological polar surface area (TPSA) is 63.5 Å². The van der Waals surface area contributed by atoms with Crippen molar-refractivity contribution in [2.45, 2.75) is 39.6 Å². The second kappa shape index (κ2) is 10.3. The van der Waals surface area contributed by atoms with Gasteiger partial charge in [0.1, 0.15) is 5.75 Å². The van der Waals surface area contributed by atoms with E-state index in [0.717, 1.165) is 23.8 Å². The van der Waals surface area contributed by atoms with Crippen LogP contribution in [0.4, 0.5) is 0 Å². The lowest BCUT2D eigenvalue weighted by Crippen LogP contribution is -2.36. The number of aliphatic imine (C=N–C) groups is 1. The standard InChI is InChI=1S/C23H29N5O/c1-18(2)29-22-11-6-8-19(14-22)15-25-23(24-3)26-16-20-9-4-5-10-21(20)17-28-13-7-12-27-28/h4-14,18H,15-17H2,1-3H3,(H2,24,25,26). The van der Waals surface area contributed by atoms with Gasteiger partial charge in [-0.25, -0.2) is 0 Å². The third-order valence-corrected chi connectivity index (χ3v) is 4.41. The molecule has 0 spiro atoms. The molecule has 3 rings (SSSR count). The van der Waals surface area contributed by atoms with Gasteiger partial charge in [0.05, 0.1) is 12.6 Å². The van der Waals surface area contributed by atoms with Gasteiger partial charge in [-0.2, -0.15) is 5.10 Å². The summed E-state index contributed by atoms with van der Waals surface area (Å²) in [5, 5.41) is 11.1. The van der Waals surface area contributed by atoms with Gasteiger partial charge in [0.2, 0.25) is 0 Å². The van der Waals surface area contributed by atoms with Crippen LogP contribution in [0, 0.1) is 0 Å². The zero-order valence-electron chi connectivity index (χ0n) is 17.3. The van der Waals surface area contributed by atoms with Crippen LogP contribution in [-0.4, -0.2) is 28.9 Å². The van der Waals surface area contributed by atoms with E-state index in [-0.39, 0.29) is 6.10 Å². The van der Waals surface area contributed by atoms with Crippen LogP contribution in [0.15, 0.2) is 72.0 Å². The summed E-state index contributed by atoms with van der Waals surface area (Å²) >= 11 is 0. The fourth-order valence-corrected chi connectivity index (χ4v) is 3.04. The highest BCUT2D eigenvalue weighted by Crippen LogP contribution is 2.15. The molecule has 29 heavy (non-hydrogen) atoms. The van der Waals surface area contributed by atoms with Gasteiger partial charge in [-0.3, -0.25) is 9.67 Å². The molecule has 0 aliphatic heterocycles. The summed E-state index contributed by atoms with van der Waals surface area (Å²) in [6.07, 6.45) is 3.93. The highest BCUT2D eigenvalue weighted by atomic mass is 16.5. The van der Waals surface area contributed by atoms with Crippen LogP contribution in [-0.2, 0) is 19.6 Å². The van der Waals surface area contributed by atoms with Crippen molar-refractivity contribution in [3.63, 3.8) is 0 Å². The first-order valence-corrected chi connectivity index (χ1v) is 9.88. The summed E-state index contributed by atoms with van der Waals surface area (Å²) in [6, 6.07) is 18.4. The largest absolute Gasteiger partial charge is 0.491 e. The van der Waals surface area contributed by atoms with Gasteiger partial charge >= 0.3 is 0 Å². The van der Waals surface area contributed by atoms with Gasteiger partial charge in [0.15, 0.2) is 5.96 Å². The van der Waals surface area contributed by atoms with Crippen molar-refractivity contribution in [3.05, 3.63) is 83.7 Å². The number of guanidine groups is 1. The fourth-order valence-electron chi connectivity index (χ4n) is 3.04. The third kappa shape index (κ3) is 6.38. The van der Waals surface area contributed by atoms with E-state index >= 15 is 0 Å². The molecule has 0 atom stereocenters. The monoisotopic (exact) mass is 391 g/mol. The molecule has 0 radical (unpaired) electrons. The van der Waals surface area contributed by atoms with Crippen molar-refractivity contribution < 1.29 is 4.74 Å². The van der Waals surface area contributed by atoms with Gasteiger partial charge in [-0.1, -0.05) is 36.4 Å². The number of aromatic nitrogens is 2. The summed E-state index contributed by atoms with van der Waals surface area (Å²) in [5.41, 5.74) is 3.60. The van der Waals surface area contributed by atoms with Gasteiger partial charge in [0, 0.05) is 32.5 Å². The molecule has 0 amide bonds. The molecular formula is C23H29N5O. The molecule has 1 aromatic heterocycles. The Morgan fingerprint density at radius 1 is 1.03 bits per heavy atom. The van der Waals surface area contributed by atoms with E-state index < -0.39 is 0 Å². The van der Waals surface area contributed by atoms with Crippen LogP contribution in [0.2, 0.25) is 0 Å². The second-order valence-corrected chi connectivity index (χ2v) is 7.07. The van der Waals surface area contributed by atoms with Gasteiger partial charge in [-0.15, -0.1) is 0 Å². The number of hydrogen-bond acceptors (Lipinski definition) is 3. The van der Waals surface area contributed by atoms with E-state index in [9.17, 15) is 0 Å². The highest BCUT2D eigenvalue weighted by molar-refractivity contribution is 5.79. The minimum atomic E-state index is 0.162. The van der Waals surface area contributed by atoms with E-state index in [1.54, 1.807) is 13.2 Å². The SMILES string of the molecule is CN=C(NCc1cccc(OC(C)C)c1)NCc1ccccc1Cn1cccn1. The Labute approximate surface area is 172 Å². The predicted molar refractivity (Wildman–Crippen MR) is 117 cm³/mol. The first-order chi connectivity index (χ1) is 14.1. The summed E-state index contributed by atoms with van der Waals surface area (Å²) < 4.78 is 7.70. The highest BCUT2D eigenvalue weighted by Gasteiger charge is 2.05. The molecule has 2 aromatic carbocycles. The fraction of sp³-hybridized carbons (Fsp3) is 0.304. The molecule has 0 unspecified atom stereocenters. The Hall–Kier alpha value is -3.28. The number of hydrogen-bond donors (Lipinski definition) is 2. The molecule has 0 fully saturated rings. The lowest BCUT2D eigenvalue weighted by Gasteiger charge is -2.15. The Morgan fingerprint density at radius 2 is 1.83 bits per heavy atom. The van der Waals surface area contributed by atoms with Crippen molar-refractivity contribution in [3.8, 4) is 5.75 Å². The van der Waals surface area contributed by atoms with Crippen LogP contribution in [0.1, 0.15) is 30.5 Å². The number of nitrogens with one attached hydrogen (secondary N) is 2.